The molecule has 10 heteroatoms. The first-order valence-corrected chi connectivity index (χ1v) is 8.74. The summed E-state index contributed by atoms with van der Waals surface area (Å²) >= 11 is 5.83. The lowest BCUT2D eigenvalue weighted by Crippen LogP contribution is -2.12. The second kappa shape index (κ2) is 6.25. The minimum Gasteiger partial charge on any atom is -0.419 e. The lowest BCUT2D eigenvalue weighted by Gasteiger charge is -2.08. The molecule has 2 aromatic heterocycles. The van der Waals surface area contributed by atoms with E-state index in [1.807, 2.05) is 6.92 Å². The lowest BCUT2D eigenvalue weighted by molar-refractivity contribution is 0.511. The predicted molar refractivity (Wildman–Crippen MR) is 85.7 cm³/mol. The number of nitrogens with zero attached hydrogens (tertiary/aromatic N) is 2. The smallest absolute Gasteiger partial charge is 0.264 e. The summed E-state index contributed by atoms with van der Waals surface area (Å²) in [7, 11) is -3.91. The van der Waals surface area contributed by atoms with Crippen LogP contribution in [0.2, 0.25) is 5.02 Å². The molecule has 2 N–H and O–H groups in total. The minimum absolute atomic E-state index is 0.0428. The van der Waals surface area contributed by atoms with Crippen LogP contribution in [0.4, 0.5) is 10.1 Å². The van der Waals surface area contributed by atoms with Crippen molar-refractivity contribution < 1.29 is 17.2 Å². The van der Waals surface area contributed by atoms with Crippen LogP contribution >= 0.6 is 11.6 Å². The first kappa shape index (κ1) is 16.5. The average Bonchev–Trinajstić information content (AvgIpc) is 3.18. The molecule has 24 heavy (non-hydrogen) atoms. The van der Waals surface area contributed by atoms with E-state index in [-0.39, 0.29) is 21.5 Å². The third kappa shape index (κ3) is 3.26. The number of aromatic nitrogens is 3. The highest BCUT2D eigenvalue weighted by atomic mass is 35.5. The molecule has 2 heterocycles. The largest absolute Gasteiger partial charge is 0.419 e. The Morgan fingerprint density at radius 3 is 2.79 bits per heavy atom. The zero-order valence-electron chi connectivity index (χ0n) is 12.4. The number of nitrogens with one attached hydrogen (secondary N) is 2. The lowest BCUT2D eigenvalue weighted by atomic mass is 10.3. The van der Waals surface area contributed by atoms with E-state index in [9.17, 15) is 12.8 Å². The molecular weight excluding hydrogens is 359 g/mol. The van der Waals surface area contributed by atoms with Crippen LogP contribution in [0, 0.1) is 5.82 Å². The van der Waals surface area contributed by atoms with Gasteiger partial charge >= 0.3 is 0 Å². The Morgan fingerprint density at radius 2 is 2.12 bits per heavy atom. The Kier molecular flexibility index (Phi) is 4.29. The molecule has 0 bridgehead atoms. The van der Waals surface area contributed by atoms with Gasteiger partial charge in [-0.15, -0.1) is 10.2 Å². The van der Waals surface area contributed by atoms with Gasteiger partial charge in [-0.25, -0.2) is 12.8 Å². The van der Waals surface area contributed by atoms with E-state index in [2.05, 4.69) is 19.9 Å². The number of aryl methyl sites for hydroxylation is 1. The predicted octanol–water partition coefficient (Wildman–Crippen LogP) is 3.22. The molecule has 3 rings (SSSR count). The third-order valence-corrected chi connectivity index (χ3v) is 4.80. The fourth-order valence-corrected chi connectivity index (χ4v) is 3.28. The molecule has 1 aromatic carbocycles. The molecular formula is C14H12ClFN4O3S. The second-order valence-electron chi connectivity index (χ2n) is 4.83. The first-order chi connectivity index (χ1) is 11.4. The van der Waals surface area contributed by atoms with E-state index in [0.29, 0.717) is 18.0 Å². The van der Waals surface area contributed by atoms with Gasteiger partial charge in [-0.05, 0) is 24.3 Å². The molecule has 0 radical (unpaired) electrons. The fraction of sp³-hybridized carbons (Fsp3) is 0.143. The highest BCUT2D eigenvalue weighted by molar-refractivity contribution is 7.92. The van der Waals surface area contributed by atoms with Crippen molar-refractivity contribution in [3.05, 3.63) is 47.2 Å². The molecule has 0 saturated heterocycles. The molecule has 0 aliphatic rings. The molecule has 0 saturated carbocycles. The molecule has 7 nitrogen and oxygen atoms in total. The van der Waals surface area contributed by atoms with Crippen LogP contribution in [0.15, 0.2) is 39.8 Å². The van der Waals surface area contributed by atoms with Gasteiger partial charge < -0.3 is 9.40 Å². The van der Waals surface area contributed by atoms with Gasteiger partial charge in [-0.2, -0.15) is 0 Å². The standard InChI is InChI=1S/C14H12ClFN4O3S/c1-2-13-18-19-14(23-13)12-6-9(7-17-12)24(21,22)20-11-4-3-8(16)5-10(11)15/h3-7,17,20H,2H2,1H3. The zero-order chi connectivity index (χ0) is 17.3. The van der Waals surface area contributed by atoms with Gasteiger partial charge in [-0.1, -0.05) is 18.5 Å². The van der Waals surface area contributed by atoms with E-state index in [0.717, 1.165) is 12.1 Å². The van der Waals surface area contributed by atoms with Gasteiger partial charge in [0.05, 0.1) is 10.7 Å². The van der Waals surface area contributed by atoms with Gasteiger partial charge in [0, 0.05) is 12.6 Å². The molecule has 0 amide bonds. The topological polar surface area (TPSA) is 101 Å². The summed E-state index contributed by atoms with van der Waals surface area (Å²) in [5.74, 6) is 0.0725. The van der Waals surface area contributed by atoms with Crippen molar-refractivity contribution in [3.63, 3.8) is 0 Å². The van der Waals surface area contributed by atoms with E-state index in [4.69, 9.17) is 16.0 Å². The van der Waals surface area contributed by atoms with Gasteiger partial charge in [0.2, 0.25) is 5.89 Å². The number of halogens is 2. The number of hydrogen-bond donors (Lipinski definition) is 2. The van der Waals surface area contributed by atoms with Crippen LogP contribution in [-0.4, -0.2) is 23.6 Å². The fourth-order valence-electron chi connectivity index (χ4n) is 1.93. The minimum atomic E-state index is -3.91. The Morgan fingerprint density at radius 1 is 1.33 bits per heavy atom. The van der Waals surface area contributed by atoms with Crippen LogP contribution in [0.1, 0.15) is 12.8 Å². The van der Waals surface area contributed by atoms with Crippen LogP contribution in [0.25, 0.3) is 11.6 Å². The number of aromatic amines is 1. The van der Waals surface area contributed by atoms with Crippen molar-refractivity contribution in [1.29, 1.82) is 0 Å². The van der Waals surface area contributed by atoms with Gasteiger partial charge in [0.25, 0.3) is 15.9 Å². The molecule has 0 unspecified atom stereocenters. The van der Waals surface area contributed by atoms with Crippen LogP contribution in [0.3, 0.4) is 0 Å². The second-order valence-corrected chi connectivity index (χ2v) is 6.92. The van der Waals surface area contributed by atoms with Gasteiger partial charge in [0.1, 0.15) is 16.4 Å². The number of anilines is 1. The maximum Gasteiger partial charge on any atom is 0.264 e. The molecule has 3 aromatic rings. The highest BCUT2D eigenvalue weighted by Crippen LogP contribution is 2.27. The van der Waals surface area contributed by atoms with E-state index < -0.39 is 15.8 Å². The molecule has 0 aliphatic heterocycles. The first-order valence-electron chi connectivity index (χ1n) is 6.88. The van der Waals surface area contributed by atoms with Gasteiger partial charge in [-0.3, -0.25) is 4.72 Å². The van der Waals surface area contributed by atoms with Gasteiger partial charge in [0.15, 0.2) is 0 Å². The van der Waals surface area contributed by atoms with Crippen LogP contribution in [0.5, 0.6) is 0 Å². The molecule has 0 atom stereocenters. The SMILES string of the molecule is CCc1nnc(-c2cc(S(=O)(=O)Nc3ccc(F)cc3Cl)c[nH]2)o1. The van der Waals surface area contributed by atoms with E-state index in [1.54, 1.807) is 0 Å². The quantitative estimate of drug-likeness (QED) is 0.718. The summed E-state index contributed by atoms with van der Waals surface area (Å²) in [5.41, 5.74) is 0.444. The van der Waals surface area contributed by atoms with E-state index >= 15 is 0 Å². The monoisotopic (exact) mass is 370 g/mol. The van der Waals surface area contributed by atoms with Crippen molar-refractivity contribution in [2.45, 2.75) is 18.2 Å². The maximum atomic E-state index is 13.0. The van der Waals surface area contributed by atoms with E-state index in [1.165, 1.54) is 18.3 Å². The normalized spacial score (nSPS) is 11.6. The van der Waals surface area contributed by atoms with Crippen LogP contribution in [-0.2, 0) is 16.4 Å². The molecule has 0 fully saturated rings. The van der Waals surface area contributed by atoms with Crippen molar-refractivity contribution in [1.82, 2.24) is 15.2 Å². The van der Waals surface area contributed by atoms with Crippen molar-refractivity contribution in [2.24, 2.45) is 0 Å². The highest BCUT2D eigenvalue weighted by Gasteiger charge is 2.20. The third-order valence-electron chi connectivity index (χ3n) is 3.14. The maximum absolute atomic E-state index is 13.0. The number of hydrogen-bond acceptors (Lipinski definition) is 5. The summed E-state index contributed by atoms with van der Waals surface area (Å²) in [6.07, 6.45) is 1.86. The summed E-state index contributed by atoms with van der Waals surface area (Å²) in [6, 6.07) is 4.73. The molecule has 126 valence electrons. The van der Waals surface area contributed by atoms with Crippen molar-refractivity contribution in [3.8, 4) is 11.6 Å². The number of H-pyrrole nitrogens is 1. The Balaban J connectivity index is 1.87. The average molecular weight is 371 g/mol. The summed E-state index contributed by atoms with van der Waals surface area (Å²) in [6.45, 7) is 1.86. The zero-order valence-corrected chi connectivity index (χ0v) is 13.9. The van der Waals surface area contributed by atoms with Crippen molar-refractivity contribution in [2.75, 3.05) is 4.72 Å². The molecule has 0 spiro atoms. The summed E-state index contributed by atoms with van der Waals surface area (Å²) in [4.78, 5) is 2.72. The number of rotatable bonds is 5. The Hall–Kier alpha value is -2.39. The number of sulfonamides is 1. The molecule has 0 aliphatic carbocycles. The number of benzene rings is 1. The summed E-state index contributed by atoms with van der Waals surface area (Å²) < 4.78 is 45.5. The summed E-state index contributed by atoms with van der Waals surface area (Å²) in [5, 5.41) is 7.61. The Labute approximate surface area is 141 Å². The van der Waals surface area contributed by atoms with Crippen LogP contribution < -0.4 is 4.72 Å². The Bertz CT molecular complexity index is 984. The van der Waals surface area contributed by atoms with Crippen molar-refractivity contribution >= 4 is 27.3 Å².